The number of sulfonamides is 1. The fourth-order valence-electron chi connectivity index (χ4n) is 3.89. The predicted octanol–water partition coefficient (Wildman–Crippen LogP) is 3.89. The maximum absolute atomic E-state index is 12.9. The van der Waals surface area contributed by atoms with E-state index in [1.807, 2.05) is 31.2 Å². The lowest BCUT2D eigenvalue weighted by Crippen LogP contribution is -2.49. The molecule has 31 heavy (non-hydrogen) atoms. The molecule has 2 aromatic carbocycles. The van der Waals surface area contributed by atoms with Gasteiger partial charge in [0.25, 0.3) is 0 Å². The molecule has 1 aliphatic heterocycles. The van der Waals surface area contributed by atoms with E-state index in [1.54, 1.807) is 16.4 Å². The van der Waals surface area contributed by atoms with E-state index in [2.05, 4.69) is 48.0 Å². The Hall–Kier alpha value is -2.77. The number of nitrogens with zero attached hydrogens (tertiary/aromatic N) is 4. The summed E-state index contributed by atoms with van der Waals surface area (Å²) in [6.45, 7) is 10.3. The molecule has 1 fully saturated rings. The zero-order valence-corrected chi connectivity index (χ0v) is 19.3. The lowest BCUT2D eigenvalue weighted by molar-refractivity contribution is 0.383. The molecule has 0 bridgehead atoms. The fourth-order valence-corrected chi connectivity index (χ4v) is 5.31. The normalized spacial score (nSPS) is 15.3. The second kappa shape index (κ2) is 8.40. The highest BCUT2D eigenvalue weighted by molar-refractivity contribution is 7.89. The molecule has 0 unspecified atom stereocenters. The molecule has 0 radical (unpaired) electrons. The molecule has 1 saturated heterocycles. The van der Waals surface area contributed by atoms with Crippen LogP contribution >= 0.6 is 0 Å². The Morgan fingerprint density at radius 1 is 0.742 bits per heavy atom. The first-order valence-corrected chi connectivity index (χ1v) is 11.9. The summed E-state index contributed by atoms with van der Waals surface area (Å²) in [5.41, 5.74) is 6.67. The maximum atomic E-state index is 12.9. The minimum absolute atomic E-state index is 0.347. The molecule has 2 heterocycles. The van der Waals surface area contributed by atoms with E-state index < -0.39 is 10.0 Å². The van der Waals surface area contributed by atoms with Crippen molar-refractivity contribution < 1.29 is 8.42 Å². The van der Waals surface area contributed by atoms with Gasteiger partial charge in [-0.2, -0.15) is 4.31 Å². The van der Waals surface area contributed by atoms with E-state index in [1.165, 1.54) is 16.7 Å². The summed E-state index contributed by atoms with van der Waals surface area (Å²) in [5.74, 6) is 0.776. The molecule has 4 rings (SSSR count). The number of hydrogen-bond donors (Lipinski definition) is 0. The highest BCUT2D eigenvalue weighted by atomic mass is 32.2. The summed E-state index contributed by atoms with van der Waals surface area (Å²) < 4.78 is 27.4. The number of benzene rings is 2. The SMILES string of the molecule is Cc1ccc(S(=O)(=O)N2CCN(c3ccc(-c4cc(C)c(C)cc4C)nn3)CC2)cc1. The minimum Gasteiger partial charge on any atom is -0.352 e. The summed E-state index contributed by atoms with van der Waals surface area (Å²) in [7, 11) is -3.47. The van der Waals surface area contributed by atoms with Crippen molar-refractivity contribution >= 4 is 15.8 Å². The van der Waals surface area contributed by atoms with Crippen molar-refractivity contribution in [3.05, 3.63) is 70.8 Å². The van der Waals surface area contributed by atoms with Crippen LogP contribution in [0.5, 0.6) is 0 Å². The number of anilines is 1. The molecule has 1 aromatic heterocycles. The van der Waals surface area contributed by atoms with E-state index >= 15 is 0 Å². The molecule has 162 valence electrons. The maximum Gasteiger partial charge on any atom is 0.243 e. The van der Waals surface area contributed by atoms with Crippen LogP contribution in [0.3, 0.4) is 0 Å². The van der Waals surface area contributed by atoms with Crippen LogP contribution in [-0.4, -0.2) is 49.1 Å². The van der Waals surface area contributed by atoms with Crippen LogP contribution in [0.1, 0.15) is 22.3 Å². The van der Waals surface area contributed by atoms with Gasteiger partial charge in [0.15, 0.2) is 5.82 Å². The van der Waals surface area contributed by atoms with Crippen molar-refractivity contribution in [1.29, 1.82) is 0 Å². The molecular weight excluding hydrogens is 408 g/mol. The number of rotatable bonds is 4. The third-order valence-electron chi connectivity index (χ3n) is 5.99. The predicted molar refractivity (Wildman–Crippen MR) is 124 cm³/mol. The molecule has 1 aliphatic rings. The van der Waals surface area contributed by atoms with E-state index in [-0.39, 0.29) is 0 Å². The van der Waals surface area contributed by atoms with Crippen molar-refractivity contribution in [1.82, 2.24) is 14.5 Å². The van der Waals surface area contributed by atoms with E-state index in [0.29, 0.717) is 31.1 Å². The molecule has 6 nitrogen and oxygen atoms in total. The van der Waals surface area contributed by atoms with Gasteiger partial charge < -0.3 is 4.90 Å². The van der Waals surface area contributed by atoms with Gasteiger partial charge in [-0.25, -0.2) is 8.42 Å². The Morgan fingerprint density at radius 2 is 1.39 bits per heavy atom. The van der Waals surface area contributed by atoms with E-state index in [4.69, 9.17) is 0 Å². The lowest BCUT2D eigenvalue weighted by atomic mass is 9.99. The number of piperazine rings is 1. The van der Waals surface area contributed by atoms with Crippen LogP contribution in [-0.2, 0) is 10.0 Å². The highest BCUT2D eigenvalue weighted by Crippen LogP contribution is 2.26. The van der Waals surface area contributed by atoms with Gasteiger partial charge in [-0.15, -0.1) is 10.2 Å². The first-order valence-electron chi connectivity index (χ1n) is 10.5. The second-order valence-electron chi connectivity index (χ2n) is 8.23. The average Bonchev–Trinajstić information content (AvgIpc) is 2.77. The number of aryl methyl sites for hydroxylation is 4. The van der Waals surface area contributed by atoms with Crippen LogP contribution in [0.15, 0.2) is 53.4 Å². The van der Waals surface area contributed by atoms with Crippen LogP contribution in [0, 0.1) is 27.7 Å². The number of aromatic nitrogens is 2. The van der Waals surface area contributed by atoms with Crippen LogP contribution in [0.2, 0.25) is 0 Å². The lowest BCUT2D eigenvalue weighted by Gasteiger charge is -2.34. The largest absolute Gasteiger partial charge is 0.352 e. The fraction of sp³-hybridized carbons (Fsp3) is 0.333. The van der Waals surface area contributed by atoms with Gasteiger partial charge in [0.2, 0.25) is 10.0 Å². The standard InChI is InChI=1S/C24H28N4O2S/c1-17-5-7-21(8-6-17)31(29,30)28-13-11-27(12-14-28)24-10-9-23(25-26-24)22-16-19(3)18(2)15-20(22)4/h5-10,15-16H,11-14H2,1-4H3. The van der Waals surface area contributed by atoms with Gasteiger partial charge in [0, 0.05) is 31.7 Å². The Kier molecular flexibility index (Phi) is 5.81. The van der Waals surface area contributed by atoms with E-state index in [9.17, 15) is 8.42 Å². The van der Waals surface area contributed by atoms with Crippen molar-refractivity contribution in [2.75, 3.05) is 31.1 Å². The molecule has 0 aliphatic carbocycles. The molecule has 7 heteroatoms. The van der Waals surface area contributed by atoms with Gasteiger partial charge in [0.1, 0.15) is 0 Å². The summed E-state index contributed by atoms with van der Waals surface area (Å²) >= 11 is 0. The molecule has 0 amide bonds. The molecule has 0 atom stereocenters. The Balaban J connectivity index is 1.46. The quantitative estimate of drug-likeness (QED) is 0.621. The van der Waals surface area contributed by atoms with Gasteiger partial charge in [0.05, 0.1) is 10.6 Å². The third-order valence-corrected chi connectivity index (χ3v) is 7.90. The zero-order chi connectivity index (χ0) is 22.2. The minimum atomic E-state index is -3.47. The van der Waals surface area contributed by atoms with Crippen LogP contribution < -0.4 is 4.90 Å². The third kappa shape index (κ3) is 4.34. The van der Waals surface area contributed by atoms with Gasteiger partial charge >= 0.3 is 0 Å². The second-order valence-corrected chi connectivity index (χ2v) is 10.2. The first-order chi connectivity index (χ1) is 14.8. The van der Waals surface area contributed by atoms with Crippen molar-refractivity contribution in [2.24, 2.45) is 0 Å². The Morgan fingerprint density at radius 3 is 2.00 bits per heavy atom. The molecular formula is C24H28N4O2S. The Labute approximate surface area is 184 Å². The average molecular weight is 437 g/mol. The van der Waals surface area contributed by atoms with Gasteiger partial charge in [-0.1, -0.05) is 23.8 Å². The summed E-state index contributed by atoms with van der Waals surface area (Å²) in [6.07, 6.45) is 0. The van der Waals surface area contributed by atoms with Crippen LogP contribution in [0.25, 0.3) is 11.3 Å². The summed E-state index contributed by atoms with van der Waals surface area (Å²) in [4.78, 5) is 2.44. The number of hydrogen-bond acceptors (Lipinski definition) is 5. The molecule has 0 saturated carbocycles. The van der Waals surface area contributed by atoms with Crippen molar-refractivity contribution in [2.45, 2.75) is 32.6 Å². The summed E-state index contributed by atoms with van der Waals surface area (Å²) in [5, 5.41) is 8.89. The topological polar surface area (TPSA) is 66.4 Å². The Bertz CT molecular complexity index is 1180. The molecule has 0 spiro atoms. The van der Waals surface area contributed by atoms with Gasteiger partial charge in [-0.3, -0.25) is 0 Å². The first kappa shape index (κ1) is 21.5. The van der Waals surface area contributed by atoms with Crippen molar-refractivity contribution in [3.63, 3.8) is 0 Å². The summed E-state index contributed by atoms with van der Waals surface area (Å²) in [6, 6.07) is 15.3. The monoisotopic (exact) mass is 436 g/mol. The smallest absolute Gasteiger partial charge is 0.243 e. The molecule has 3 aromatic rings. The van der Waals surface area contributed by atoms with Crippen LogP contribution in [0.4, 0.5) is 5.82 Å². The molecule has 0 N–H and O–H groups in total. The highest BCUT2D eigenvalue weighted by Gasteiger charge is 2.29. The van der Waals surface area contributed by atoms with Crippen molar-refractivity contribution in [3.8, 4) is 11.3 Å². The van der Waals surface area contributed by atoms with E-state index in [0.717, 1.165) is 22.6 Å². The van der Waals surface area contributed by atoms with Gasteiger partial charge in [-0.05, 0) is 74.7 Å². The zero-order valence-electron chi connectivity index (χ0n) is 18.5.